The lowest BCUT2D eigenvalue weighted by molar-refractivity contribution is -0.384. The van der Waals surface area contributed by atoms with Crippen molar-refractivity contribution in [2.75, 3.05) is 23.3 Å². The summed E-state index contributed by atoms with van der Waals surface area (Å²) in [5.74, 6) is -0.405. The Labute approximate surface area is 174 Å². The average Bonchev–Trinajstić information content (AvgIpc) is 3.28. The fourth-order valence-electron chi connectivity index (χ4n) is 3.95. The molecule has 0 saturated carbocycles. The molecule has 2 heterocycles. The van der Waals surface area contributed by atoms with Gasteiger partial charge in [0.25, 0.3) is 5.69 Å². The number of hydrogen-bond donors (Lipinski definition) is 1. The number of thiazole rings is 1. The molecule has 11 heteroatoms. The predicted molar refractivity (Wildman–Crippen MR) is 106 cm³/mol. The van der Waals surface area contributed by atoms with Crippen LogP contribution in [0.5, 0.6) is 0 Å². The van der Waals surface area contributed by atoms with Crippen LogP contribution in [0.3, 0.4) is 0 Å². The first-order chi connectivity index (χ1) is 14.2. The van der Waals surface area contributed by atoms with Crippen LogP contribution in [-0.2, 0) is 23.8 Å². The molecule has 4 rings (SSSR count). The lowest BCUT2D eigenvalue weighted by Crippen LogP contribution is -2.38. The van der Waals surface area contributed by atoms with Crippen molar-refractivity contribution in [2.24, 2.45) is 5.92 Å². The SMILES string of the molecule is O=C(Nc1nc2c(s1)CCC2)C1CCN(c2ccc(C(F)(F)F)cc2[N+](=O)[O-])CC1. The van der Waals surface area contributed by atoms with Gasteiger partial charge in [-0.15, -0.1) is 11.3 Å². The third-order valence-electron chi connectivity index (χ3n) is 5.53. The van der Waals surface area contributed by atoms with Gasteiger partial charge in [0, 0.05) is 30.0 Å². The zero-order valence-electron chi connectivity index (χ0n) is 15.9. The number of piperidine rings is 1. The van der Waals surface area contributed by atoms with E-state index < -0.39 is 22.4 Å². The molecule has 0 radical (unpaired) electrons. The number of halogens is 3. The van der Waals surface area contributed by atoms with E-state index in [0.717, 1.165) is 37.1 Å². The summed E-state index contributed by atoms with van der Waals surface area (Å²) >= 11 is 1.50. The number of aryl methyl sites for hydroxylation is 2. The van der Waals surface area contributed by atoms with Gasteiger partial charge in [-0.1, -0.05) is 0 Å². The Morgan fingerprint density at radius 3 is 2.63 bits per heavy atom. The molecule has 2 aliphatic rings. The Kier molecular flexibility index (Phi) is 5.39. The zero-order chi connectivity index (χ0) is 21.5. The van der Waals surface area contributed by atoms with E-state index >= 15 is 0 Å². The van der Waals surface area contributed by atoms with E-state index in [9.17, 15) is 28.1 Å². The first kappa shape index (κ1) is 20.6. The maximum Gasteiger partial charge on any atom is 0.416 e. The number of fused-ring (bicyclic) bond motifs is 1. The molecule has 1 amide bonds. The van der Waals surface area contributed by atoms with Crippen LogP contribution in [-0.4, -0.2) is 28.9 Å². The van der Waals surface area contributed by atoms with Crippen molar-refractivity contribution in [3.05, 3.63) is 44.4 Å². The van der Waals surface area contributed by atoms with Crippen molar-refractivity contribution in [1.82, 2.24) is 4.98 Å². The second-order valence-corrected chi connectivity index (χ2v) is 8.53. The number of amides is 1. The molecule has 0 unspecified atom stereocenters. The van der Waals surface area contributed by atoms with Gasteiger partial charge in [0.1, 0.15) is 5.69 Å². The molecule has 1 aliphatic heterocycles. The molecule has 0 bridgehead atoms. The Balaban J connectivity index is 1.41. The fourth-order valence-corrected chi connectivity index (χ4v) is 5.00. The summed E-state index contributed by atoms with van der Waals surface area (Å²) in [6, 6.07) is 2.55. The van der Waals surface area contributed by atoms with Crippen LogP contribution in [0.25, 0.3) is 0 Å². The first-order valence-electron chi connectivity index (χ1n) is 9.62. The van der Waals surface area contributed by atoms with Gasteiger partial charge in [-0.25, -0.2) is 4.98 Å². The third kappa shape index (κ3) is 4.11. The number of nitrogens with one attached hydrogen (secondary N) is 1. The number of anilines is 2. The standard InChI is InChI=1S/C19H19F3N4O3S/c20-19(21,22)12-4-5-14(15(10-12)26(28)29)25-8-6-11(7-9-25)17(27)24-18-23-13-2-1-3-16(13)30-18/h4-5,10-11H,1-3,6-9H2,(H,23,24,27). The summed E-state index contributed by atoms with van der Waals surface area (Å²) in [7, 11) is 0. The Bertz CT molecular complexity index is 962. The van der Waals surface area contributed by atoms with Crippen molar-refractivity contribution in [1.29, 1.82) is 0 Å². The van der Waals surface area contributed by atoms with Crippen molar-refractivity contribution in [3.8, 4) is 0 Å². The molecule has 160 valence electrons. The number of hydrogen-bond acceptors (Lipinski definition) is 6. The van der Waals surface area contributed by atoms with Gasteiger partial charge < -0.3 is 10.2 Å². The Morgan fingerprint density at radius 1 is 1.27 bits per heavy atom. The maximum absolute atomic E-state index is 12.9. The summed E-state index contributed by atoms with van der Waals surface area (Å²) in [4.78, 5) is 30.4. The van der Waals surface area contributed by atoms with Crippen LogP contribution in [0, 0.1) is 16.0 Å². The highest BCUT2D eigenvalue weighted by Crippen LogP contribution is 2.38. The van der Waals surface area contributed by atoms with Crippen LogP contribution in [0.4, 0.5) is 29.7 Å². The quantitative estimate of drug-likeness (QED) is 0.562. The van der Waals surface area contributed by atoms with Crippen molar-refractivity contribution < 1.29 is 22.9 Å². The van der Waals surface area contributed by atoms with Gasteiger partial charge in [0.2, 0.25) is 5.91 Å². The molecule has 1 aliphatic carbocycles. The van der Waals surface area contributed by atoms with Gasteiger partial charge in [-0.05, 0) is 44.2 Å². The van der Waals surface area contributed by atoms with Gasteiger partial charge in [-0.3, -0.25) is 14.9 Å². The molecule has 1 aromatic heterocycles. The summed E-state index contributed by atoms with van der Waals surface area (Å²) in [5, 5.41) is 14.8. The van der Waals surface area contributed by atoms with Gasteiger partial charge in [0.15, 0.2) is 5.13 Å². The maximum atomic E-state index is 12.9. The van der Waals surface area contributed by atoms with E-state index in [1.165, 1.54) is 16.2 Å². The number of carbonyl (C=O) groups is 1. The van der Waals surface area contributed by atoms with Crippen molar-refractivity contribution in [3.63, 3.8) is 0 Å². The summed E-state index contributed by atoms with van der Waals surface area (Å²) in [6.07, 6.45) is -0.718. The zero-order valence-corrected chi connectivity index (χ0v) is 16.7. The molecule has 2 aromatic rings. The number of alkyl halides is 3. The molecular formula is C19H19F3N4O3S. The summed E-state index contributed by atoms with van der Waals surface area (Å²) in [5.41, 5.74) is -0.435. The van der Waals surface area contributed by atoms with Gasteiger partial charge >= 0.3 is 6.18 Å². The molecular weight excluding hydrogens is 421 g/mol. The third-order valence-corrected chi connectivity index (χ3v) is 6.60. The van der Waals surface area contributed by atoms with E-state index in [2.05, 4.69) is 10.3 Å². The highest BCUT2D eigenvalue weighted by atomic mass is 32.1. The number of benzene rings is 1. The molecule has 30 heavy (non-hydrogen) atoms. The number of carbonyl (C=O) groups excluding carboxylic acids is 1. The Morgan fingerprint density at radius 2 is 2.00 bits per heavy atom. The largest absolute Gasteiger partial charge is 0.416 e. The van der Waals surface area contributed by atoms with E-state index in [0.29, 0.717) is 37.1 Å². The number of aromatic nitrogens is 1. The van der Waals surface area contributed by atoms with Crippen LogP contribution in [0.2, 0.25) is 0 Å². The predicted octanol–water partition coefficient (Wildman–Crippen LogP) is 4.41. The molecule has 0 spiro atoms. The number of rotatable bonds is 4. The number of nitrogens with zero attached hydrogens (tertiary/aromatic N) is 3. The van der Waals surface area contributed by atoms with Gasteiger partial charge in [-0.2, -0.15) is 13.2 Å². The highest BCUT2D eigenvalue weighted by molar-refractivity contribution is 7.15. The second-order valence-electron chi connectivity index (χ2n) is 7.45. The average molecular weight is 440 g/mol. The number of nitro benzene ring substituents is 1. The van der Waals surface area contributed by atoms with E-state index in [1.54, 1.807) is 4.90 Å². The van der Waals surface area contributed by atoms with E-state index in [-0.39, 0.29) is 17.5 Å². The summed E-state index contributed by atoms with van der Waals surface area (Å²) in [6.45, 7) is 0.692. The molecule has 1 N–H and O–H groups in total. The normalized spacial score (nSPS) is 17.1. The summed E-state index contributed by atoms with van der Waals surface area (Å²) < 4.78 is 38.7. The first-order valence-corrected chi connectivity index (χ1v) is 10.4. The minimum Gasteiger partial charge on any atom is -0.366 e. The van der Waals surface area contributed by atoms with Crippen LogP contribution in [0.15, 0.2) is 18.2 Å². The second kappa shape index (κ2) is 7.86. The Hall–Kier alpha value is -2.69. The lowest BCUT2D eigenvalue weighted by atomic mass is 9.95. The number of nitro groups is 1. The van der Waals surface area contributed by atoms with Crippen molar-refractivity contribution >= 4 is 33.8 Å². The minimum absolute atomic E-state index is 0.135. The van der Waals surface area contributed by atoms with E-state index in [1.807, 2.05) is 0 Å². The van der Waals surface area contributed by atoms with Crippen LogP contribution in [0.1, 0.15) is 35.4 Å². The van der Waals surface area contributed by atoms with Crippen molar-refractivity contribution in [2.45, 2.75) is 38.3 Å². The van der Waals surface area contributed by atoms with Crippen LogP contribution >= 0.6 is 11.3 Å². The molecule has 0 atom stereocenters. The van der Waals surface area contributed by atoms with E-state index in [4.69, 9.17) is 0 Å². The minimum atomic E-state index is -4.65. The van der Waals surface area contributed by atoms with Gasteiger partial charge in [0.05, 0.1) is 16.2 Å². The fraction of sp³-hybridized carbons (Fsp3) is 0.474. The highest BCUT2D eigenvalue weighted by Gasteiger charge is 2.35. The molecule has 1 saturated heterocycles. The van der Waals surface area contributed by atoms with Crippen LogP contribution < -0.4 is 10.2 Å². The molecule has 1 aromatic carbocycles. The molecule has 7 nitrogen and oxygen atoms in total. The monoisotopic (exact) mass is 440 g/mol. The molecule has 1 fully saturated rings. The lowest BCUT2D eigenvalue weighted by Gasteiger charge is -2.32. The smallest absolute Gasteiger partial charge is 0.366 e. The topological polar surface area (TPSA) is 88.4 Å².